The number of anilines is 1. The molecule has 0 aliphatic carbocycles. The van der Waals surface area contributed by atoms with Crippen LogP contribution in [0.4, 0.5) is 5.82 Å². The summed E-state index contributed by atoms with van der Waals surface area (Å²) in [6.45, 7) is 1.91. The van der Waals surface area contributed by atoms with E-state index in [1.165, 1.54) is 0 Å². The number of aromatic nitrogens is 4. The molecule has 0 aliphatic heterocycles. The second-order valence-corrected chi connectivity index (χ2v) is 3.90. The highest BCUT2D eigenvalue weighted by Crippen LogP contribution is 2.19. The Morgan fingerprint density at radius 1 is 1.24 bits per heavy atom. The molecule has 0 atom stereocenters. The number of rotatable bonds is 1. The average molecular weight is 225 g/mol. The maximum atomic E-state index is 5.74. The first kappa shape index (κ1) is 9.77. The minimum absolute atomic E-state index is 0.514. The van der Waals surface area contributed by atoms with E-state index in [9.17, 15) is 0 Å². The standard InChI is InChI=1S/C12H11N5/c1-8-7-17(16-11(8)13)12-10-5-3-2-4-9(10)6-14-15-12/h2-7H,1H3,(H2,13,16). The molecule has 0 unspecified atom stereocenters. The zero-order valence-corrected chi connectivity index (χ0v) is 9.33. The van der Waals surface area contributed by atoms with Gasteiger partial charge in [-0.15, -0.1) is 10.2 Å². The molecule has 17 heavy (non-hydrogen) atoms. The Morgan fingerprint density at radius 2 is 2.06 bits per heavy atom. The Kier molecular flexibility index (Phi) is 2.04. The maximum Gasteiger partial charge on any atom is 0.183 e. The smallest absolute Gasteiger partial charge is 0.183 e. The molecule has 2 N–H and O–H groups in total. The van der Waals surface area contributed by atoms with Gasteiger partial charge in [-0.05, 0) is 6.92 Å². The van der Waals surface area contributed by atoms with Crippen molar-refractivity contribution in [3.05, 3.63) is 42.2 Å². The van der Waals surface area contributed by atoms with Gasteiger partial charge in [0.15, 0.2) is 5.82 Å². The molecule has 3 rings (SSSR count). The molecular weight excluding hydrogens is 214 g/mol. The Morgan fingerprint density at radius 3 is 2.82 bits per heavy atom. The van der Waals surface area contributed by atoms with Crippen LogP contribution < -0.4 is 5.73 Å². The molecule has 0 bridgehead atoms. The van der Waals surface area contributed by atoms with Crippen molar-refractivity contribution in [2.75, 3.05) is 5.73 Å². The fourth-order valence-electron chi connectivity index (χ4n) is 1.76. The van der Waals surface area contributed by atoms with E-state index in [0.717, 1.165) is 16.3 Å². The van der Waals surface area contributed by atoms with Crippen LogP contribution in [0.3, 0.4) is 0 Å². The lowest BCUT2D eigenvalue weighted by Gasteiger charge is -2.03. The Labute approximate surface area is 97.9 Å². The summed E-state index contributed by atoms with van der Waals surface area (Å²) >= 11 is 0. The van der Waals surface area contributed by atoms with E-state index < -0.39 is 0 Å². The van der Waals surface area contributed by atoms with Gasteiger partial charge in [-0.3, -0.25) is 0 Å². The van der Waals surface area contributed by atoms with Crippen LogP contribution in [-0.4, -0.2) is 20.0 Å². The summed E-state index contributed by atoms with van der Waals surface area (Å²) in [6, 6.07) is 7.92. The number of aryl methyl sites for hydroxylation is 1. The van der Waals surface area contributed by atoms with E-state index in [2.05, 4.69) is 15.3 Å². The molecule has 2 heterocycles. The molecular formula is C12H11N5. The molecule has 0 fully saturated rings. The van der Waals surface area contributed by atoms with Crippen molar-refractivity contribution in [2.45, 2.75) is 6.92 Å². The van der Waals surface area contributed by atoms with Gasteiger partial charge in [-0.1, -0.05) is 24.3 Å². The number of hydrogen-bond donors (Lipinski definition) is 1. The fraction of sp³-hybridized carbons (Fsp3) is 0.0833. The van der Waals surface area contributed by atoms with Crippen molar-refractivity contribution >= 4 is 16.6 Å². The number of fused-ring (bicyclic) bond motifs is 1. The van der Waals surface area contributed by atoms with Crippen LogP contribution in [0.1, 0.15) is 5.56 Å². The van der Waals surface area contributed by atoms with Crippen LogP contribution in [-0.2, 0) is 0 Å². The Bertz CT molecular complexity index is 661. The first-order valence-electron chi connectivity index (χ1n) is 5.28. The van der Waals surface area contributed by atoms with E-state index in [1.807, 2.05) is 37.4 Å². The van der Waals surface area contributed by atoms with Crippen molar-refractivity contribution in [3.63, 3.8) is 0 Å². The quantitative estimate of drug-likeness (QED) is 0.684. The summed E-state index contributed by atoms with van der Waals surface area (Å²) in [7, 11) is 0. The molecule has 5 nitrogen and oxygen atoms in total. The Balaban J connectivity index is 2.30. The van der Waals surface area contributed by atoms with Gasteiger partial charge in [0.25, 0.3) is 0 Å². The maximum absolute atomic E-state index is 5.74. The molecule has 5 heteroatoms. The van der Waals surface area contributed by atoms with Crippen molar-refractivity contribution in [2.24, 2.45) is 0 Å². The summed E-state index contributed by atoms with van der Waals surface area (Å²) in [5.41, 5.74) is 6.67. The van der Waals surface area contributed by atoms with E-state index in [-0.39, 0.29) is 0 Å². The molecule has 1 aromatic carbocycles. The molecule has 0 saturated heterocycles. The summed E-state index contributed by atoms with van der Waals surface area (Å²) in [6.07, 6.45) is 3.59. The van der Waals surface area contributed by atoms with Gasteiger partial charge >= 0.3 is 0 Å². The molecule has 0 spiro atoms. The highest BCUT2D eigenvalue weighted by atomic mass is 15.3. The van der Waals surface area contributed by atoms with Crippen LogP contribution in [0.15, 0.2) is 36.7 Å². The third-order valence-corrected chi connectivity index (χ3v) is 2.70. The van der Waals surface area contributed by atoms with Crippen molar-refractivity contribution in [1.29, 1.82) is 0 Å². The predicted octanol–water partition coefficient (Wildman–Crippen LogP) is 1.71. The Hall–Kier alpha value is -2.43. The lowest BCUT2D eigenvalue weighted by molar-refractivity contribution is 0.829. The lowest BCUT2D eigenvalue weighted by Crippen LogP contribution is -2.01. The number of hydrogen-bond acceptors (Lipinski definition) is 4. The number of nitrogen functional groups attached to an aromatic ring is 1. The third-order valence-electron chi connectivity index (χ3n) is 2.70. The minimum Gasteiger partial charge on any atom is -0.382 e. The fourth-order valence-corrected chi connectivity index (χ4v) is 1.76. The number of benzene rings is 1. The molecule has 0 amide bonds. The highest BCUT2D eigenvalue weighted by molar-refractivity contribution is 5.87. The van der Waals surface area contributed by atoms with Gasteiger partial charge in [-0.25, -0.2) is 4.68 Å². The number of nitrogens with zero attached hydrogens (tertiary/aromatic N) is 4. The summed E-state index contributed by atoms with van der Waals surface area (Å²) in [4.78, 5) is 0. The highest BCUT2D eigenvalue weighted by Gasteiger charge is 2.08. The van der Waals surface area contributed by atoms with Crippen LogP contribution in [0.2, 0.25) is 0 Å². The molecule has 0 aliphatic rings. The zero-order chi connectivity index (χ0) is 11.8. The van der Waals surface area contributed by atoms with Crippen molar-refractivity contribution < 1.29 is 0 Å². The summed E-state index contributed by atoms with van der Waals surface area (Å²) in [5.74, 6) is 1.21. The van der Waals surface area contributed by atoms with Gasteiger partial charge in [0.05, 0.1) is 6.20 Å². The van der Waals surface area contributed by atoms with Gasteiger partial charge in [0, 0.05) is 22.5 Å². The molecule has 0 radical (unpaired) electrons. The van der Waals surface area contributed by atoms with Crippen LogP contribution in [0, 0.1) is 6.92 Å². The second kappa shape index (κ2) is 3.55. The van der Waals surface area contributed by atoms with E-state index >= 15 is 0 Å². The van der Waals surface area contributed by atoms with E-state index in [0.29, 0.717) is 11.6 Å². The predicted molar refractivity (Wildman–Crippen MR) is 65.8 cm³/mol. The van der Waals surface area contributed by atoms with Crippen LogP contribution in [0.25, 0.3) is 16.6 Å². The molecule has 84 valence electrons. The largest absolute Gasteiger partial charge is 0.382 e. The van der Waals surface area contributed by atoms with E-state index in [1.54, 1.807) is 10.9 Å². The molecule has 3 aromatic rings. The molecule has 2 aromatic heterocycles. The second-order valence-electron chi connectivity index (χ2n) is 3.90. The first-order chi connectivity index (χ1) is 8.25. The monoisotopic (exact) mass is 225 g/mol. The first-order valence-corrected chi connectivity index (χ1v) is 5.28. The van der Waals surface area contributed by atoms with Crippen molar-refractivity contribution in [3.8, 4) is 5.82 Å². The minimum atomic E-state index is 0.514. The molecule has 0 saturated carbocycles. The van der Waals surface area contributed by atoms with Gasteiger partial charge in [0.2, 0.25) is 0 Å². The van der Waals surface area contributed by atoms with Crippen LogP contribution >= 0.6 is 0 Å². The zero-order valence-electron chi connectivity index (χ0n) is 9.33. The van der Waals surface area contributed by atoms with Crippen molar-refractivity contribution in [1.82, 2.24) is 20.0 Å². The van der Waals surface area contributed by atoms with E-state index in [4.69, 9.17) is 5.73 Å². The third kappa shape index (κ3) is 1.52. The van der Waals surface area contributed by atoms with Gasteiger partial charge in [0.1, 0.15) is 5.82 Å². The summed E-state index contributed by atoms with van der Waals surface area (Å²) in [5, 5.41) is 14.4. The summed E-state index contributed by atoms with van der Waals surface area (Å²) < 4.78 is 1.67. The average Bonchev–Trinajstić information content (AvgIpc) is 2.69. The van der Waals surface area contributed by atoms with Gasteiger partial charge < -0.3 is 5.73 Å². The SMILES string of the molecule is Cc1cn(-c2nncc3ccccc23)nc1N. The topological polar surface area (TPSA) is 69.6 Å². The van der Waals surface area contributed by atoms with Crippen LogP contribution in [0.5, 0.6) is 0 Å². The normalized spacial score (nSPS) is 10.9. The van der Waals surface area contributed by atoms with Gasteiger partial charge in [-0.2, -0.15) is 5.10 Å². The lowest BCUT2D eigenvalue weighted by atomic mass is 10.2. The number of nitrogens with two attached hydrogens (primary N) is 1.